The van der Waals surface area contributed by atoms with Crippen molar-refractivity contribution < 1.29 is 0 Å². The Hall–Kier alpha value is -0.880. The van der Waals surface area contributed by atoms with Gasteiger partial charge in [-0.2, -0.15) is 5.10 Å². The average molecular weight is 315 g/mol. The van der Waals surface area contributed by atoms with E-state index in [1.165, 1.54) is 4.68 Å². The number of anilines is 1. The largest absolute Gasteiger partial charge is 0.369 e. The van der Waals surface area contributed by atoms with E-state index in [0.29, 0.717) is 4.47 Å². The van der Waals surface area contributed by atoms with Crippen molar-refractivity contribution in [2.24, 2.45) is 7.05 Å². The van der Waals surface area contributed by atoms with Gasteiger partial charge < -0.3 is 10.2 Å². The Morgan fingerprint density at radius 2 is 2.06 bits per heavy atom. The fraction of sp³-hybridized carbons (Fsp3) is 0.667. The lowest BCUT2D eigenvalue weighted by molar-refractivity contribution is 0.305. The molecule has 1 aromatic rings. The first-order valence-electron chi connectivity index (χ1n) is 6.12. The van der Waals surface area contributed by atoms with Crippen LogP contribution in [0.4, 0.5) is 5.69 Å². The van der Waals surface area contributed by atoms with Crippen LogP contribution in [0, 0.1) is 0 Å². The second kappa shape index (κ2) is 5.01. The third kappa shape index (κ3) is 2.44. The number of halogens is 1. The number of hydrogen-bond donors (Lipinski definition) is 1. The summed E-state index contributed by atoms with van der Waals surface area (Å²) in [6.07, 6.45) is 3.88. The van der Waals surface area contributed by atoms with Crippen LogP contribution in [0.3, 0.4) is 0 Å². The molecule has 2 rings (SSSR count). The number of nitrogens with one attached hydrogen (secondary N) is 1. The summed E-state index contributed by atoms with van der Waals surface area (Å²) in [4.78, 5) is 14.0. The first-order valence-corrected chi connectivity index (χ1v) is 6.92. The maximum atomic E-state index is 11.8. The minimum absolute atomic E-state index is 0.0885. The molecule has 1 aliphatic heterocycles. The van der Waals surface area contributed by atoms with E-state index in [2.05, 4.69) is 38.2 Å². The van der Waals surface area contributed by atoms with E-state index >= 15 is 0 Å². The van der Waals surface area contributed by atoms with Crippen molar-refractivity contribution in [1.29, 1.82) is 0 Å². The number of rotatable bonds is 2. The Labute approximate surface area is 115 Å². The molecule has 0 aromatic carbocycles. The summed E-state index contributed by atoms with van der Waals surface area (Å²) in [6.45, 7) is 4.11. The van der Waals surface area contributed by atoms with Crippen molar-refractivity contribution in [3.63, 3.8) is 0 Å². The molecule has 0 amide bonds. The van der Waals surface area contributed by atoms with Crippen molar-refractivity contribution in [2.75, 3.05) is 25.0 Å². The predicted molar refractivity (Wildman–Crippen MR) is 76.1 cm³/mol. The first-order chi connectivity index (χ1) is 8.47. The van der Waals surface area contributed by atoms with Gasteiger partial charge in [-0.1, -0.05) is 0 Å². The van der Waals surface area contributed by atoms with Gasteiger partial charge in [-0.15, -0.1) is 0 Å². The van der Waals surface area contributed by atoms with E-state index < -0.39 is 0 Å². The summed E-state index contributed by atoms with van der Waals surface area (Å²) < 4.78 is 1.95. The highest BCUT2D eigenvalue weighted by molar-refractivity contribution is 9.10. The molecule has 1 aliphatic rings. The van der Waals surface area contributed by atoms with E-state index in [9.17, 15) is 4.79 Å². The summed E-state index contributed by atoms with van der Waals surface area (Å²) in [7, 11) is 3.66. The monoisotopic (exact) mass is 314 g/mol. The molecule has 0 bridgehead atoms. The lowest BCUT2D eigenvalue weighted by Gasteiger charge is -2.40. The molecule has 100 valence electrons. The molecule has 0 spiro atoms. The summed E-state index contributed by atoms with van der Waals surface area (Å²) >= 11 is 3.38. The smallest absolute Gasteiger partial charge is 0.282 e. The molecule has 5 nitrogen and oxygen atoms in total. The third-order valence-electron chi connectivity index (χ3n) is 3.87. The van der Waals surface area contributed by atoms with Gasteiger partial charge in [-0.05, 0) is 42.7 Å². The Balaban J connectivity index is 2.20. The summed E-state index contributed by atoms with van der Waals surface area (Å²) in [5, 5.41) is 7.46. The van der Waals surface area contributed by atoms with Crippen molar-refractivity contribution in [3.05, 3.63) is 21.0 Å². The molecule has 0 unspecified atom stereocenters. The van der Waals surface area contributed by atoms with Crippen LogP contribution in [0.5, 0.6) is 0 Å². The van der Waals surface area contributed by atoms with Gasteiger partial charge in [0.25, 0.3) is 5.56 Å². The van der Waals surface area contributed by atoms with E-state index in [1.54, 1.807) is 13.2 Å². The molecule has 0 radical (unpaired) electrons. The van der Waals surface area contributed by atoms with Crippen LogP contribution in [-0.4, -0.2) is 35.5 Å². The van der Waals surface area contributed by atoms with Crippen LogP contribution in [0.25, 0.3) is 0 Å². The van der Waals surface area contributed by atoms with Crippen LogP contribution in [0.1, 0.15) is 19.8 Å². The Kier molecular flexibility index (Phi) is 3.77. The zero-order valence-corrected chi connectivity index (χ0v) is 12.6. The van der Waals surface area contributed by atoms with Gasteiger partial charge in [-0.3, -0.25) is 4.79 Å². The van der Waals surface area contributed by atoms with E-state index in [0.717, 1.165) is 31.6 Å². The molecule has 1 aromatic heterocycles. The first kappa shape index (κ1) is 13.5. The molecule has 1 fully saturated rings. The number of nitrogens with zero attached hydrogens (tertiary/aromatic N) is 3. The molecule has 1 N–H and O–H groups in total. The minimum Gasteiger partial charge on any atom is -0.369 e. The van der Waals surface area contributed by atoms with Crippen molar-refractivity contribution >= 4 is 21.6 Å². The van der Waals surface area contributed by atoms with Crippen LogP contribution in [-0.2, 0) is 7.05 Å². The second-order valence-electron chi connectivity index (χ2n) is 5.07. The van der Waals surface area contributed by atoms with Gasteiger partial charge in [0.05, 0.1) is 11.9 Å². The van der Waals surface area contributed by atoms with Crippen LogP contribution in [0.2, 0.25) is 0 Å². The Bertz CT molecular complexity index is 491. The number of hydrogen-bond acceptors (Lipinski definition) is 4. The standard InChI is InChI=1S/C12H19BrN4O/c1-12(14-2)4-6-17(7-5-12)9-8-15-16(3)11(18)10(9)13/h8,14H,4-7H2,1-3H3. The van der Waals surface area contributed by atoms with Gasteiger partial charge in [0, 0.05) is 25.7 Å². The summed E-state index contributed by atoms with van der Waals surface area (Å²) in [5.41, 5.74) is 1.02. The van der Waals surface area contributed by atoms with Crippen molar-refractivity contribution in [3.8, 4) is 0 Å². The number of piperidine rings is 1. The highest BCUT2D eigenvalue weighted by Crippen LogP contribution is 2.28. The molecule has 6 heteroatoms. The number of aromatic nitrogens is 2. The average Bonchev–Trinajstić information content (AvgIpc) is 2.38. The molecular weight excluding hydrogens is 296 g/mol. The highest BCUT2D eigenvalue weighted by Gasteiger charge is 2.29. The van der Waals surface area contributed by atoms with Crippen LogP contribution in [0.15, 0.2) is 15.5 Å². The van der Waals surface area contributed by atoms with E-state index in [1.807, 2.05) is 7.05 Å². The lowest BCUT2D eigenvalue weighted by Crippen LogP contribution is -2.50. The fourth-order valence-corrected chi connectivity index (χ4v) is 2.82. The maximum absolute atomic E-state index is 11.8. The predicted octanol–water partition coefficient (Wildman–Crippen LogP) is 1.12. The normalized spacial score (nSPS) is 19.0. The molecule has 0 saturated carbocycles. The fourth-order valence-electron chi connectivity index (χ4n) is 2.21. The van der Waals surface area contributed by atoms with Crippen molar-refractivity contribution in [2.45, 2.75) is 25.3 Å². The quantitative estimate of drug-likeness (QED) is 0.889. The maximum Gasteiger partial charge on any atom is 0.282 e. The van der Waals surface area contributed by atoms with Crippen LogP contribution >= 0.6 is 15.9 Å². The zero-order chi connectivity index (χ0) is 13.3. The SMILES string of the molecule is CNC1(C)CCN(c2cnn(C)c(=O)c2Br)CC1. The van der Waals surface area contributed by atoms with Gasteiger partial charge in [0.15, 0.2) is 0 Å². The van der Waals surface area contributed by atoms with E-state index in [4.69, 9.17) is 0 Å². The summed E-state index contributed by atoms with van der Waals surface area (Å²) in [5.74, 6) is 0. The molecular formula is C12H19BrN4O. The Morgan fingerprint density at radius 1 is 1.44 bits per heavy atom. The van der Waals surface area contributed by atoms with Gasteiger partial charge in [0.2, 0.25) is 0 Å². The second-order valence-corrected chi connectivity index (χ2v) is 5.86. The van der Waals surface area contributed by atoms with E-state index in [-0.39, 0.29) is 11.1 Å². The van der Waals surface area contributed by atoms with Gasteiger partial charge in [-0.25, -0.2) is 4.68 Å². The van der Waals surface area contributed by atoms with Gasteiger partial charge >= 0.3 is 0 Å². The number of aryl methyl sites for hydroxylation is 1. The zero-order valence-electron chi connectivity index (χ0n) is 11.0. The molecule has 2 heterocycles. The highest BCUT2D eigenvalue weighted by atomic mass is 79.9. The molecule has 0 atom stereocenters. The molecule has 0 aliphatic carbocycles. The molecule has 18 heavy (non-hydrogen) atoms. The third-order valence-corrected chi connectivity index (χ3v) is 4.62. The lowest BCUT2D eigenvalue weighted by atomic mass is 9.90. The summed E-state index contributed by atoms with van der Waals surface area (Å²) in [6, 6.07) is 0. The topological polar surface area (TPSA) is 50.2 Å². The van der Waals surface area contributed by atoms with Crippen molar-refractivity contribution in [1.82, 2.24) is 15.1 Å². The van der Waals surface area contributed by atoms with Crippen LogP contribution < -0.4 is 15.8 Å². The Morgan fingerprint density at radius 3 is 2.61 bits per heavy atom. The minimum atomic E-state index is -0.0885. The molecule has 1 saturated heterocycles. The van der Waals surface area contributed by atoms with Gasteiger partial charge in [0.1, 0.15) is 4.47 Å².